The molecule has 1 aliphatic rings. The second-order valence-corrected chi connectivity index (χ2v) is 7.46. The molecular weight excluding hydrogens is 490 g/mol. The highest BCUT2D eigenvalue weighted by molar-refractivity contribution is 6.05. The summed E-state index contributed by atoms with van der Waals surface area (Å²) in [7, 11) is 0. The first kappa shape index (κ1) is 25.0. The number of fused-ring (bicyclic) bond motifs is 1. The van der Waals surface area contributed by atoms with Gasteiger partial charge in [0.25, 0.3) is 0 Å². The molecule has 10 heteroatoms. The summed E-state index contributed by atoms with van der Waals surface area (Å²) >= 11 is 0. The fourth-order valence-corrected chi connectivity index (χ4v) is 3.23. The number of hydrogen-bond acceptors (Lipinski definition) is 8. The Labute approximate surface area is 208 Å². The maximum Gasteiger partial charge on any atom is 0.586 e. The molecule has 0 aliphatic carbocycles. The van der Waals surface area contributed by atoms with E-state index in [-0.39, 0.29) is 33.8 Å². The van der Waals surface area contributed by atoms with Crippen LogP contribution in [-0.2, 0) is 0 Å². The predicted molar refractivity (Wildman–Crippen MR) is 125 cm³/mol. The number of hydrogen-bond donors (Lipinski definition) is 0. The largest absolute Gasteiger partial charge is 0.586 e. The minimum Gasteiger partial charge on any atom is -0.419 e. The molecule has 0 unspecified atom stereocenters. The maximum absolute atomic E-state index is 13.9. The van der Waals surface area contributed by atoms with Gasteiger partial charge in [-0.05, 0) is 48.6 Å². The molecular formula is C27H16F2O8. The summed E-state index contributed by atoms with van der Waals surface area (Å²) in [5.74, 6) is -4.72. The van der Waals surface area contributed by atoms with Gasteiger partial charge in [0.1, 0.15) is 0 Å². The lowest BCUT2D eigenvalue weighted by atomic mass is 10.1. The first-order valence-electron chi connectivity index (χ1n) is 10.5. The third-order valence-electron chi connectivity index (χ3n) is 5.07. The molecule has 0 bridgehead atoms. The van der Waals surface area contributed by atoms with Gasteiger partial charge >= 0.3 is 18.2 Å². The van der Waals surface area contributed by atoms with E-state index in [0.717, 1.165) is 24.3 Å². The zero-order chi connectivity index (χ0) is 26.7. The van der Waals surface area contributed by atoms with Crippen molar-refractivity contribution < 1.29 is 46.9 Å². The summed E-state index contributed by atoms with van der Waals surface area (Å²) in [5.41, 5.74) is 0.622. The van der Waals surface area contributed by atoms with Crippen LogP contribution < -0.4 is 18.9 Å². The van der Waals surface area contributed by atoms with E-state index in [1.165, 1.54) is 48.5 Å². The van der Waals surface area contributed by atoms with Gasteiger partial charge in [-0.15, -0.1) is 8.78 Å². The fraction of sp³-hybridized carbons (Fsp3) is 0.0370. The van der Waals surface area contributed by atoms with Gasteiger partial charge in [0.05, 0.1) is 11.1 Å². The fourth-order valence-electron chi connectivity index (χ4n) is 3.23. The average molecular weight is 506 g/mol. The monoisotopic (exact) mass is 506 g/mol. The van der Waals surface area contributed by atoms with Gasteiger partial charge in [-0.3, -0.25) is 9.59 Å². The highest BCUT2D eigenvalue weighted by Gasteiger charge is 2.47. The van der Waals surface area contributed by atoms with Gasteiger partial charge in [-0.25, -0.2) is 9.59 Å². The van der Waals surface area contributed by atoms with Crippen molar-refractivity contribution in [1.82, 2.24) is 0 Å². The minimum absolute atomic E-state index is 0.0222. The van der Waals surface area contributed by atoms with Gasteiger partial charge in [-0.1, -0.05) is 37.4 Å². The van der Waals surface area contributed by atoms with Gasteiger partial charge in [0.15, 0.2) is 23.1 Å². The molecule has 37 heavy (non-hydrogen) atoms. The number of carbonyl (C=O) groups excluding carboxylic acids is 4. The Balaban J connectivity index is 1.56. The van der Waals surface area contributed by atoms with Crippen LogP contribution in [0.25, 0.3) is 0 Å². The number of carbonyl (C=O) groups is 4. The van der Waals surface area contributed by atoms with Crippen LogP contribution in [0.3, 0.4) is 0 Å². The molecule has 0 fully saturated rings. The van der Waals surface area contributed by atoms with E-state index in [1.54, 1.807) is 0 Å². The van der Waals surface area contributed by atoms with Crippen LogP contribution in [0.15, 0.2) is 86.0 Å². The molecule has 0 saturated carbocycles. The van der Waals surface area contributed by atoms with Gasteiger partial charge < -0.3 is 18.9 Å². The van der Waals surface area contributed by atoms with Crippen LogP contribution in [0.5, 0.6) is 23.0 Å². The highest BCUT2D eigenvalue weighted by atomic mass is 19.3. The van der Waals surface area contributed by atoms with E-state index in [0.29, 0.717) is 0 Å². The molecule has 0 spiro atoms. The molecule has 0 amide bonds. The zero-order valence-electron chi connectivity index (χ0n) is 18.9. The summed E-state index contributed by atoms with van der Waals surface area (Å²) in [6.07, 6.45) is -1.89. The molecule has 0 aromatic heterocycles. The van der Waals surface area contributed by atoms with Crippen molar-refractivity contribution in [2.24, 2.45) is 0 Å². The van der Waals surface area contributed by atoms with Crippen LogP contribution in [0.1, 0.15) is 41.4 Å². The molecule has 8 nitrogen and oxygen atoms in total. The second-order valence-electron chi connectivity index (χ2n) is 7.46. The van der Waals surface area contributed by atoms with E-state index >= 15 is 0 Å². The maximum atomic E-state index is 13.9. The molecule has 4 rings (SSSR count). The normalized spacial score (nSPS) is 12.8. The van der Waals surface area contributed by atoms with Crippen LogP contribution >= 0.6 is 0 Å². The number of rotatable bonds is 8. The van der Waals surface area contributed by atoms with Gasteiger partial charge in [0, 0.05) is 11.1 Å². The number of ketones is 2. The smallest absolute Gasteiger partial charge is 0.419 e. The molecule has 0 radical (unpaired) electrons. The van der Waals surface area contributed by atoms with Gasteiger partial charge in [-0.2, -0.15) is 0 Å². The number of alkyl halides is 2. The predicted octanol–water partition coefficient (Wildman–Crippen LogP) is 5.18. The summed E-state index contributed by atoms with van der Waals surface area (Å²) in [6.45, 7) is 6.75. The number of halogens is 2. The van der Waals surface area contributed by atoms with Crippen molar-refractivity contribution in [2.75, 3.05) is 0 Å². The van der Waals surface area contributed by atoms with Crippen molar-refractivity contribution in [3.8, 4) is 23.0 Å². The van der Waals surface area contributed by atoms with Crippen LogP contribution in [0.2, 0.25) is 0 Å². The summed E-state index contributed by atoms with van der Waals surface area (Å²) in [5, 5.41) is 0. The highest BCUT2D eigenvalue weighted by Crippen LogP contribution is 2.52. The zero-order valence-corrected chi connectivity index (χ0v) is 18.9. The Morgan fingerprint density at radius 1 is 0.622 bits per heavy atom. The average Bonchev–Trinajstić information content (AvgIpc) is 3.24. The standard InChI is InChI=1S/C27H16F2O8/c1-3-19(30)15-5-9-17(10-6-15)25(32)34-21-13-14-22(24-23(21)36-27(28,29)37-24)35-26(33)18-11-7-16(8-12-18)20(31)4-2/h3-14H,1-2H2. The third kappa shape index (κ3) is 5.27. The molecule has 0 N–H and O–H groups in total. The molecule has 3 aromatic carbocycles. The van der Waals surface area contributed by atoms with E-state index in [9.17, 15) is 28.0 Å². The van der Waals surface area contributed by atoms with E-state index in [2.05, 4.69) is 22.6 Å². The first-order valence-corrected chi connectivity index (χ1v) is 10.5. The Hall–Kier alpha value is -5.12. The molecule has 186 valence electrons. The Morgan fingerprint density at radius 3 is 1.27 bits per heavy atom. The van der Waals surface area contributed by atoms with Crippen molar-refractivity contribution in [1.29, 1.82) is 0 Å². The van der Waals surface area contributed by atoms with Crippen molar-refractivity contribution in [3.05, 3.63) is 108 Å². The van der Waals surface area contributed by atoms with Crippen molar-refractivity contribution >= 4 is 23.5 Å². The minimum atomic E-state index is -4.12. The van der Waals surface area contributed by atoms with Crippen molar-refractivity contribution in [2.45, 2.75) is 6.29 Å². The van der Waals surface area contributed by atoms with Crippen LogP contribution in [0.4, 0.5) is 8.78 Å². The van der Waals surface area contributed by atoms with Crippen molar-refractivity contribution in [3.63, 3.8) is 0 Å². The molecule has 1 aliphatic heterocycles. The van der Waals surface area contributed by atoms with Gasteiger partial charge in [0.2, 0.25) is 11.5 Å². The van der Waals surface area contributed by atoms with E-state index < -0.39 is 41.2 Å². The Kier molecular flexibility index (Phi) is 6.66. The summed E-state index contributed by atoms with van der Waals surface area (Å²) in [6, 6.07) is 12.9. The summed E-state index contributed by atoms with van der Waals surface area (Å²) < 4.78 is 47.2. The van der Waals surface area contributed by atoms with Crippen LogP contribution in [0, 0.1) is 0 Å². The second kappa shape index (κ2) is 9.86. The molecule has 0 atom stereocenters. The van der Waals surface area contributed by atoms with Crippen LogP contribution in [-0.4, -0.2) is 29.8 Å². The van der Waals surface area contributed by atoms with E-state index in [1.807, 2.05) is 0 Å². The number of ether oxygens (including phenoxy) is 4. The SMILES string of the molecule is C=CC(=O)c1ccc(C(=O)Oc2ccc(OC(=O)c3ccc(C(=O)C=C)cc3)c3c2OC(F)(F)O3)cc1. The number of allylic oxidation sites excluding steroid dienone is 2. The third-order valence-corrected chi connectivity index (χ3v) is 5.07. The number of esters is 2. The Bertz CT molecular complexity index is 1330. The molecule has 3 aromatic rings. The van der Waals surface area contributed by atoms with E-state index in [4.69, 9.17) is 9.47 Å². The molecule has 1 heterocycles. The Morgan fingerprint density at radius 2 is 0.946 bits per heavy atom. The lowest BCUT2D eigenvalue weighted by molar-refractivity contribution is -0.287. The molecule has 0 saturated heterocycles. The lowest BCUT2D eigenvalue weighted by Crippen LogP contribution is -2.26. The lowest BCUT2D eigenvalue weighted by Gasteiger charge is -2.10. The first-order chi connectivity index (χ1) is 17.6. The number of benzene rings is 3. The summed E-state index contributed by atoms with van der Waals surface area (Å²) in [4.78, 5) is 48.4. The topological polar surface area (TPSA) is 105 Å². The quantitative estimate of drug-likeness (QED) is 0.178.